The van der Waals surface area contributed by atoms with E-state index in [1.165, 1.54) is 11.1 Å². The highest BCUT2D eigenvalue weighted by atomic mass is 127. The summed E-state index contributed by atoms with van der Waals surface area (Å²) in [6.45, 7) is 5.69. The SMILES string of the molecule is CN=C(NCCc1ncc(C)s1)N1CCN(C(=O)c2ccco2)CC1.I. The summed E-state index contributed by atoms with van der Waals surface area (Å²) in [4.78, 5) is 26.3. The smallest absolute Gasteiger partial charge is 0.289 e. The second-order valence-corrected chi connectivity index (χ2v) is 7.16. The molecule has 2 aromatic heterocycles. The van der Waals surface area contributed by atoms with Crippen molar-refractivity contribution in [2.24, 2.45) is 4.99 Å². The summed E-state index contributed by atoms with van der Waals surface area (Å²) in [7, 11) is 1.79. The number of thiazole rings is 1. The van der Waals surface area contributed by atoms with Gasteiger partial charge in [-0.05, 0) is 19.1 Å². The number of hydrogen-bond acceptors (Lipinski definition) is 5. The molecule has 142 valence electrons. The number of carbonyl (C=O) groups excluding carboxylic acids is 1. The molecule has 1 aliphatic heterocycles. The minimum atomic E-state index is -0.0493. The van der Waals surface area contributed by atoms with Gasteiger partial charge in [0.25, 0.3) is 5.91 Å². The van der Waals surface area contributed by atoms with Gasteiger partial charge in [-0.25, -0.2) is 4.98 Å². The molecule has 0 spiro atoms. The Kier molecular flexibility index (Phi) is 7.88. The van der Waals surface area contributed by atoms with E-state index in [4.69, 9.17) is 4.42 Å². The van der Waals surface area contributed by atoms with Crippen LogP contribution in [0.4, 0.5) is 0 Å². The molecule has 1 N–H and O–H groups in total. The van der Waals surface area contributed by atoms with Crippen LogP contribution in [0, 0.1) is 6.92 Å². The van der Waals surface area contributed by atoms with Crippen molar-refractivity contribution in [1.82, 2.24) is 20.1 Å². The zero-order chi connectivity index (χ0) is 17.6. The van der Waals surface area contributed by atoms with Crippen molar-refractivity contribution in [2.75, 3.05) is 39.8 Å². The van der Waals surface area contributed by atoms with Gasteiger partial charge in [0.1, 0.15) is 0 Å². The first-order chi connectivity index (χ1) is 12.2. The Morgan fingerprint density at radius 2 is 2.08 bits per heavy atom. The lowest BCUT2D eigenvalue weighted by atomic mass is 10.3. The van der Waals surface area contributed by atoms with Gasteiger partial charge >= 0.3 is 0 Å². The van der Waals surface area contributed by atoms with Gasteiger partial charge < -0.3 is 19.5 Å². The lowest BCUT2D eigenvalue weighted by Crippen LogP contribution is -2.53. The van der Waals surface area contributed by atoms with Gasteiger partial charge in [-0.1, -0.05) is 0 Å². The minimum absolute atomic E-state index is 0. The number of aryl methyl sites for hydroxylation is 1. The quantitative estimate of drug-likeness (QED) is 0.405. The molecule has 0 bridgehead atoms. The maximum Gasteiger partial charge on any atom is 0.289 e. The molecule has 1 saturated heterocycles. The van der Waals surface area contributed by atoms with Gasteiger partial charge in [0.05, 0.1) is 11.3 Å². The zero-order valence-electron chi connectivity index (χ0n) is 15.0. The number of furan rings is 1. The highest BCUT2D eigenvalue weighted by Crippen LogP contribution is 2.12. The van der Waals surface area contributed by atoms with Gasteiger partial charge in [-0.15, -0.1) is 35.3 Å². The first-order valence-electron chi connectivity index (χ1n) is 8.37. The fraction of sp³-hybridized carbons (Fsp3) is 0.471. The lowest BCUT2D eigenvalue weighted by molar-refractivity contribution is 0.0658. The van der Waals surface area contributed by atoms with Gasteiger partial charge in [-0.2, -0.15) is 0 Å². The monoisotopic (exact) mass is 489 g/mol. The molecular weight excluding hydrogens is 465 g/mol. The second kappa shape index (κ2) is 9.91. The molecule has 0 unspecified atom stereocenters. The van der Waals surface area contributed by atoms with E-state index in [9.17, 15) is 4.79 Å². The number of nitrogens with one attached hydrogen (secondary N) is 1. The first-order valence-corrected chi connectivity index (χ1v) is 9.18. The summed E-state index contributed by atoms with van der Waals surface area (Å²) in [5, 5.41) is 4.52. The summed E-state index contributed by atoms with van der Waals surface area (Å²) in [5.41, 5.74) is 0. The van der Waals surface area contributed by atoms with E-state index in [1.54, 1.807) is 30.5 Å². The van der Waals surface area contributed by atoms with Crippen molar-refractivity contribution in [3.63, 3.8) is 0 Å². The third-order valence-electron chi connectivity index (χ3n) is 4.10. The van der Waals surface area contributed by atoms with E-state index in [-0.39, 0.29) is 29.9 Å². The standard InChI is InChI=1S/C17H23N5O2S.HI/c1-13-12-20-15(25-13)5-6-19-17(18-2)22-9-7-21(8-10-22)16(23)14-4-3-11-24-14;/h3-4,11-12H,5-10H2,1-2H3,(H,18,19);1H. The van der Waals surface area contributed by atoms with Crippen LogP contribution < -0.4 is 5.32 Å². The number of guanidine groups is 1. The second-order valence-electron chi connectivity index (χ2n) is 5.85. The van der Waals surface area contributed by atoms with Crippen LogP contribution >= 0.6 is 35.3 Å². The molecule has 0 atom stereocenters. The van der Waals surface area contributed by atoms with E-state index in [0.717, 1.165) is 37.0 Å². The Morgan fingerprint density at radius 3 is 2.65 bits per heavy atom. The van der Waals surface area contributed by atoms with Crippen LogP contribution in [0.15, 0.2) is 34.0 Å². The summed E-state index contributed by atoms with van der Waals surface area (Å²) >= 11 is 1.73. The summed E-state index contributed by atoms with van der Waals surface area (Å²) in [5.74, 6) is 1.22. The third-order valence-corrected chi connectivity index (χ3v) is 5.07. The molecule has 0 saturated carbocycles. The van der Waals surface area contributed by atoms with Crippen molar-refractivity contribution in [3.05, 3.63) is 40.2 Å². The van der Waals surface area contributed by atoms with Crippen LogP contribution in [0.1, 0.15) is 20.4 Å². The summed E-state index contributed by atoms with van der Waals surface area (Å²) in [6, 6.07) is 3.44. The Balaban J connectivity index is 0.00000243. The molecule has 1 fully saturated rings. The number of hydrogen-bond donors (Lipinski definition) is 1. The molecule has 7 nitrogen and oxygen atoms in total. The molecule has 0 aliphatic carbocycles. The van der Waals surface area contributed by atoms with Crippen molar-refractivity contribution in [1.29, 1.82) is 0 Å². The average molecular weight is 489 g/mol. The average Bonchev–Trinajstić information content (AvgIpc) is 3.30. The molecule has 3 rings (SSSR count). The van der Waals surface area contributed by atoms with Gasteiger partial charge in [0, 0.05) is 57.3 Å². The van der Waals surface area contributed by atoms with E-state index in [2.05, 4.69) is 27.1 Å². The number of aromatic nitrogens is 1. The van der Waals surface area contributed by atoms with Crippen molar-refractivity contribution < 1.29 is 9.21 Å². The molecule has 1 amide bonds. The van der Waals surface area contributed by atoms with E-state index in [0.29, 0.717) is 18.8 Å². The number of amides is 1. The third kappa shape index (κ3) is 5.19. The first kappa shape index (κ1) is 20.7. The van der Waals surface area contributed by atoms with Crippen molar-refractivity contribution in [3.8, 4) is 0 Å². The minimum Gasteiger partial charge on any atom is -0.459 e. The summed E-state index contributed by atoms with van der Waals surface area (Å²) in [6.07, 6.45) is 4.32. The van der Waals surface area contributed by atoms with Crippen LogP contribution in [0.5, 0.6) is 0 Å². The number of piperazine rings is 1. The fourth-order valence-corrected chi connectivity index (χ4v) is 3.59. The molecule has 2 aromatic rings. The number of aliphatic imine (C=N–C) groups is 1. The van der Waals surface area contributed by atoms with Crippen molar-refractivity contribution in [2.45, 2.75) is 13.3 Å². The highest BCUT2D eigenvalue weighted by Gasteiger charge is 2.25. The molecule has 1 aliphatic rings. The molecular formula is C17H24IN5O2S. The summed E-state index contributed by atoms with van der Waals surface area (Å²) < 4.78 is 5.20. The van der Waals surface area contributed by atoms with Crippen LogP contribution in [-0.4, -0.2) is 66.4 Å². The van der Waals surface area contributed by atoms with E-state index in [1.807, 2.05) is 11.1 Å². The van der Waals surface area contributed by atoms with Crippen LogP contribution in [0.25, 0.3) is 0 Å². The fourth-order valence-electron chi connectivity index (χ4n) is 2.81. The molecule has 26 heavy (non-hydrogen) atoms. The predicted octanol–water partition coefficient (Wildman–Crippen LogP) is 2.24. The lowest BCUT2D eigenvalue weighted by Gasteiger charge is -2.36. The Hall–Kier alpha value is -1.62. The molecule has 3 heterocycles. The molecule has 0 aromatic carbocycles. The number of nitrogens with zero attached hydrogens (tertiary/aromatic N) is 4. The normalized spacial score (nSPS) is 14.9. The van der Waals surface area contributed by atoms with Gasteiger partial charge in [0.15, 0.2) is 11.7 Å². The van der Waals surface area contributed by atoms with Crippen LogP contribution in [0.3, 0.4) is 0 Å². The topological polar surface area (TPSA) is 74.0 Å². The molecule has 0 radical (unpaired) electrons. The predicted molar refractivity (Wildman–Crippen MR) is 114 cm³/mol. The van der Waals surface area contributed by atoms with Crippen molar-refractivity contribution >= 4 is 47.2 Å². The maximum absolute atomic E-state index is 12.3. The highest BCUT2D eigenvalue weighted by molar-refractivity contribution is 14.0. The zero-order valence-corrected chi connectivity index (χ0v) is 18.1. The van der Waals surface area contributed by atoms with Crippen LogP contribution in [-0.2, 0) is 6.42 Å². The Labute approximate surface area is 174 Å². The Bertz CT molecular complexity index is 723. The number of halogens is 1. The van der Waals surface area contributed by atoms with E-state index < -0.39 is 0 Å². The van der Waals surface area contributed by atoms with Crippen LogP contribution in [0.2, 0.25) is 0 Å². The van der Waals surface area contributed by atoms with Gasteiger partial charge in [-0.3, -0.25) is 9.79 Å². The maximum atomic E-state index is 12.3. The van der Waals surface area contributed by atoms with E-state index >= 15 is 0 Å². The largest absolute Gasteiger partial charge is 0.459 e. The van der Waals surface area contributed by atoms with Gasteiger partial charge in [0.2, 0.25) is 0 Å². The molecule has 9 heteroatoms. The Morgan fingerprint density at radius 1 is 1.35 bits per heavy atom. The number of carbonyl (C=O) groups is 1. The number of rotatable bonds is 4.